The lowest BCUT2D eigenvalue weighted by atomic mass is 10.2. The van der Waals surface area contributed by atoms with Crippen molar-refractivity contribution >= 4 is 23.5 Å². The van der Waals surface area contributed by atoms with E-state index in [9.17, 15) is 14.4 Å². The maximum atomic E-state index is 12.2. The molecule has 1 aromatic carbocycles. The van der Waals surface area contributed by atoms with Gasteiger partial charge in [-0.3, -0.25) is 19.7 Å². The molecule has 1 saturated heterocycles. The largest absolute Gasteiger partial charge is 0.465 e. The zero-order valence-corrected chi connectivity index (χ0v) is 11.2. The van der Waals surface area contributed by atoms with E-state index in [0.717, 1.165) is 4.90 Å². The van der Waals surface area contributed by atoms with Gasteiger partial charge in [-0.15, -0.1) is 0 Å². The number of ether oxygens (including phenoxy) is 1. The fourth-order valence-electron chi connectivity index (χ4n) is 2.06. The number of rotatable bonds is 5. The molecule has 0 spiro atoms. The van der Waals surface area contributed by atoms with Crippen molar-refractivity contribution in [2.75, 3.05) is 18.1 Å². The summed E-state index contributed by atoms with van der Waals surface area (Å²) in [5.74, 6) is -1.06. The van der Waals surface area contributed by atoms with Crippen molar-refractivity contribution in [3.63, 3.8) is 0 Å². The van der Waals surface area contributed by atoms with Crippen LogP contribution in [0.2, 0.25) is 0 Å². The molecule has 1 aliphatic rings. The first-order valence-corrected chi connectivity index (χ1v) is 6.44. The normalized spacial score (nSPS) is 18.4. The van der Waals surface area contributed by atoms with Gasteiger partial charge in [0.1, 0.15) is 0 Å². The topological polar surface area (TPSA) is 75.7 Å². The fraction of sp³-hybridized carbons (Fsp3) is 0.357. The summed E-state index contributed by atoms with van der Waals surface area (Å²) in [6.45, 7) is 1.91. The molecule has 1 heterocycles. The number of anilines is 1. The summed E-state index contributed by atoms with van der Waals surface area (Å²) in [4.78, 5) is 36.5. The standard InChI is InChI=1S/C14H16N2O4/c1-2-20-13(18)9-15-11-8-12(17)16(14(11)19)10-6-4-3-5-7-10/h3-7,11,15H,2,8-9H2,1H3. The van der Waals surface area contributed by atoms with Gasteiger partial charge in [-0.05, 0) is 19.1 Å². The minimum absolute atomic E-state index is 0.0487. The van der Waals surface area contributed by atoms with Crippen LogP contribution in [0.4, 0.5) is 5.69 Å². The van der Waals surface area contributed by atoms with Crippen LogP contribution in [0.5, 0.6) is 0 Å². The second-order valence-electron chi connectivity index (χ2n) is 4.35. The van der Waals surface area contributed by atoms with Crippen LogP contribution in [0.15, 0.2) is 30.3 Å². The third kappa shape index (κ3) is 3.03. The van der Waals surface area contributed by atoms with Crippen molar-refractivity contribution in [2.45, 2.75) is 19.4 Å². The van der Waals surface area contributed by atoms with Gasteiger partial charge in [0.15, 0.2) is 0 Å². The Hall–Kier alpha value is -2.21. The minimum Gasteiger partial charge on any atom is -0.465 e. The summed E-state index contributed by atoms with van der Waals surface area (Å²) in [6, 6.07) is 8.05. The Kier molecular flexibility index (Phi) is 4.47. The van der Waals surface area contributed by atoms with E-state index in [-0.39, 0.29) is 31.4 Å². The van der Waals surface area contributed by atoms with E-state index in [1.807, 2.05) is 6.07 Å². The molecular weight excluding hydrogens is 260 g/mol. The number of para-hydroxylation sites is 1. The highest BCUT2D eigenvalue weighted by molar-refractivity contribution is 6.22. The molecule has 6 heteroatoms. The molecule has 2 rings (SSSR count). The van der Waals surface area contributed by atoms with Crippen LogP contribution in [-0.2, 0) is 19.1 Å². The molecule has 1 aromatic rings. The average molecular weight is 276 g/mol. The van der Waals surface area contributed by atoms with E-state index in [0.29, 0.717) is 5.69 Å². The SMILES string of the molecule is CCOC(=O)CNC1CC(=O)N(c2ccccc2)C1=O. The Balaban J connectivity index is 2.00. The van der Waals surface area contributed by atoms with E-state index >= 15 is 0 Å². The number of benzene rings is 1. The highest BCUT2D eigenvalue weighted by Crippen LogP contribution is 2.22. The predicted octanol–water partition coefficient (Wildman–Crippen LogP) is 0.471. The molecule has 2 amide bonds. The molecule has 1 N–H and O–H groups in total. The van der Waals surface area contributed by atoms with Gasteiger partial charge >= 0.3 is 5.97 Å². The predicted molar refractivity (Wildman–Crippen MR) is 72.0 cm³/mol. The number of carbonyl (C=O) groups excluding carboxylic acids is 3. The first-order chi connectivity index (χ1) is 9.63. The van der Waals surface area contributed by atoms with Gasteiger partial charge in [0.2, 0.25) is 5.91 Å². The molecule has 0 saturated carbocycles. The molecule has 0 aliphatic carbocycles. The van der Waals surface area contributed by atoms with Gasteiger partial charge in [0.25, 0.3) is 5.91 Å². The van der Waals surface area contributed by atoms with E-state index in [1.165, 1.54) is 0 Å². The number of carbonyl (C=O) groups is 3. The smallest absolute Gasteiger partial charge is 0.319 e. The summed E-state index contributed by atoms with van der Waals surface area (Å²) < 4.78 is 4.76. The zero-order chi connectivity index (χ0) is 14.5. The lowest BCUT2D eigenvalue weighted by Gasteiger charge is -2.15. The summed E-state index contributed by atoms with van der Waals surface area (Å²) in [5, 5.41) is 2.76. The van der Waals surface area contributed by atoms with E-state index < -0.39 is 12.0 Å². The average Bonchev–Trinajstić information content (AvgIpc) is 2.72. The maximum absolute atomic E-state index is 12.2. The van der Waals surface area contributed by atoms with Gasteiger partial charge in [-0.25, -0.2) is 4.90 Å². The molecule has 0 aromatic heterocycles. The quantitative estimate of drug-likeness (QED) is 0.625. The number of hydrogen-bond donors (Lipinski definition) is 1. The first kappa shape index (κ1) is 14.2. The number of nitrogens with zero attached hydrogens (tertiary/aromatic N) is 1. The molecule has 1 fully saturated rings. The molecule has 106 valence electrons. The number of nitrogens with one attached hydrogen (secondary N) is 1. The highest BCUT2D eigenvalue weighted by atomic mass is 16.5. The first-order valence-electron chi connectivity index (χ1n) is 6.44. The number of amides is 2. The third-order valence-corrected chi connectivity index (χ3v) is 2.96. The van der Waals surface area contributed by atoms with Gasteiger partial charge in [0.05, 0.1) is 31.3 Å². The van der Waals surface area contributed by atoms with Gasteiger partial charge in [0, 0.05) is 0 Å². The zero-order valence-electron chi connectivity index (χ0n) is 11.2. The molecule has 6 nitrogen and oxygen atoms in total. The van der Waals surface area contributed by atoms with Crippen LogP contribution in [0, 0.1) is 0 Å². The fourth-order valence-corrected chi connectivity index (χ4v) is 2.06. The molecular formula is C14H16N2O4. The minimum atomic E-state index is -0.674. The second kappa shape index (κ2) is 6.29. The Labute approximate surface area is 116 Å². The Bertz CT molecular complexity index is 515. The van der Waals surface area contributed by atoms with E-state index in [2.05, 4.69) is 5.32 Å². The van der Waals surface area contributed by atoms with Gasteiger partial charge < -0.3 is 4.74 Å². The Morgan fingerprint density at radius 3 is 2.70 bits per heavy atom. The van der Waals surface area contributed by atoms with E-state index in [4.69, 9.17) is 4.74 Å². The second-order valence-corrected chi connectivity index (χ2v) is 4.35. The molecule has 1 atom stereocenters. The van der Waals surface area contributed by atoms with Crippen molar-refractivity contribution in [3.8, 4) is 0 Å². The summed E-state index contributed by atoms with van der Waals surface area (Å²) in [7, 11) is 0. The summed E-state index contributed by atoms with van der Waals surface area (Å²) in [6.07, 6.45) is 0.0487. The molecule has 1 unspecified atom stereocenters. The van der Waals surface area contributed by atoms with Crippen molar-refractivity contribution in [1.29, 1.82) is 0 Å². The van der Waals surface area contributed by atoms with Crippen LogP contribution in [0.25, 0.3) is 0 Å². The summed E-state index contributed by atoms with van der Waals surface area (Å²) >= 11 is 0. The van der Waals surface area contributed by atoms with Crippen LogP contribution < -0.4 is 10.2 Å². The van der Waals surface area contributed by atoms with Gasteiger partial charge in [-0.2, -0.15) is 0 Å². The van der Waals surface area contributed by atoms with Crippen LogP contribution in [0.3, 0.4) is 0 Å². The van der Waals surface area contributed by atoms with Crippen molar-refractivity contribution in [2.24, 2.45) is 0 Å². The number of esters is 1. The van der Waals surface area contributed by atoms with Crippen LogP contribution in [-0.4, -0.2) is 37.0 Å². The monoisotopic (exact) mass is 276 g/mol. The lowest BCUT2D eigenvalue weighted by Crippen LogP contribution is -2.41. The van der Waals surface area contributed by atoms with Crippen LogP contribution in [0.1, 0.15) is 13.3 Å². The van der Waals surface area contributed by atoms with Crippen molar-refractivity contribution in [1.82, 2.24) is 5.32 Å². The van der Waals surface area contributed by atoms with Crippen molar-refractivity contribution < 1.29 is 19.1 Å². The van der Waals surface area contributed by atoms with Crippen molar-refractivity contribution in [3.05, 3.63) is 30.3 Å². The lowest BCUT2D eigenvalue weighted by molar-refractivity contribution is -0.142. The Morgan fingerprint density at radius 2 is 2.05 bits per heavy atom. The summed E-state index contributed by atoms with van der Waals surface area (Å²) in [5.41, 5.74) is 0.544. The Morgan fingerprint density at radius 1 is 1.35 bits per heavy atom. The van der Waals surface area contributed by atoms with Gasteiger partial charge in [-0.1, -0.05) is 18.2 Å². The molecule has 20 heavy (non-hydrogen) atoms. The maximum Gasteiger partial charge on any atom is 0.319 e. The molecule has 0 radical (unpaired) electrons. The highest BCUT2D eigenvalue weighted by Gasteiger charge is 2.39. The molecule has 0 bridgehead atoms. The van der Waals surface area contributed by atoms with E-state index in [1.54, 1.807) is 31.2 Å². The molecule has 1 aliphatic heterocycles. The number of imide groups is 1. The third-order valence-electron chi connectivity index (χ3n) is 2.96. The number of hydrogen-bond acceptors (Lipinski definition) is 5. The van der Waals surface area contributed by atoms with Crippen LogP contribution >= 0.6 is 0 Å².